The van der Waals surface area contributed by atoms with E-state index < -0.39 is 17.8 Å². The van der Waals surface area contributed by atoms with Crippen LogP contribution in [0.3, 0.4) is 0 Å². The van der Waals surface area contributed by atoms with Gasteiger partial charge in [-0.15, -0.1) is 0 Å². The maximum absolute atomic E-state index is 13.6. The highest BCUT2D eigenvalue weighted by atomic mass is 35.5. The number of amidine groups is 1. The van der Waals surface area contributed by atoms with Gasteiger partial charge in [-0.1, -0.05) is 53.2 Å². The van der Waals surface area contributed by atoms with Gasteiger partial charge in [-0.3, -0.25) is 4.99 Å². The van der Waals surface area contributed by atoms with Gasteiger partial charge < -0.3 is 5.32 Å². The van der Waals surface area contributed by atoms with Gasteiger partial charge in [-0.25, -0.2) is 0 Å². The summed E-state index contributed by atoms with van der Waals surface area (Å²) < 4.78 is 40.7. The maximum Gasteiger partial charge on any atom is 0.416 e. The topological polar surface area (TPSA) is 24.4 Å². The second kappa shape index (κ2) is 7.92. The van der Waals surface area contributed by atoms with Gasteiger partial charge in [0.2, 0.25) is 0 Å². The molecule has 3 rings (SSSR count). The molecular weight excluding hydrogens is 381 g/mol. The fourth-order valence-electron chi connectivity index (χ4n) is 2.97. The number of aliphatic imine (C=N–C) groups is 1. The van der Waals surface area contributed by atoms with Gasteiger partial charge in [0.1, 0.15) is 0 Å². The summed E-state index contributed by atoms with van der Waals surface area (Å²) >= 11 is 7.55. The Kier molecular flexibility index (Phi) is 5.82. The Morgan fingerprint density at radius 2 is 2.04 bits per heavy atom. The first-order valence-corrected chi connectivity index (χ1v) is 9.55. The van der Waals surface area contributed by atoms with Crippen LogP contribution in [0.5, 0.6) is 0 Å². The lowest BCUT2D eigenvalue weighted by Crippen LogP contribution is -2.29. The number of hydrogen-bond donors (Lipinski definition) is 1. The second-order valence-electron chi connectivity index (χ2n) is 6.15. The molecule has 2 aromatic carbocycles. The molecule has 0 spiro atoms. The minimum atomic E-state index is -4.45. The number of nitrogens with zero attached hydrogens (tertiary/aromatic N) is 1. The van der Waals surface area contributed by atoms with Crippen LogP contribution in [-0.4, -0.2) is 17.5 Å². The van der Waals surface area contributed by atoms with E-state index in [1.54, 1.807) is 0 Å². The van der Waals surface area contributed by atoms with E-state index in [0.29, 0.717) is 18.1 Å². The molecule has 1 N–H and O–H groups in total. The Morgan fingerprint density at radius 3 is 2.69 bits per heavy atom. The first-order valence-electron chi connectivity index (χ1n) is 8.19. The molecule has 0 saturated heterocycles. The monoisotopic (exact) mass is 398 g/mol. The zero-order valence-electron chi connectivity index (χ0n) is 14.1. The lowest BCUT2D eigenvalue weighted by Gasteiger charge is -2.24. The minimum absolute atomic E-state index is 0.140. The summed E-state index contributed by atoms with van der Waals surface area (Å²) in [5, 5.41) is 4.15. The molecule has 0 amide bonds. The fraction of sp³-hybridized carbons (Fsp3) is 0.316. The molecule has 1 unspecified atom stereocenters. The Balaban J connectivity index is 2.01. The van der Waals surface area contributed by atoms with Gasteiger partial charge >= 0.3 is 6.18 Å². The molecule has 1 atom stereocenters. The molecular formula is C19H18ClF3N2S. The largest absolute Gasteiger partial charge is 0.416 e. The van der Waals surface area contributed by atoms with Gasteiger partial charge in [0.15, 0.2) is 5.17 Å². The van der Waals surface area contributed by atoms with Gasteiger partial charge in [-0.2, -0.15) is 13.2 Å². The number of hydrogen-bond acceptors (Lipinski definition) is 3. The molecule has 0 aromatic heterocycles. The number of aryl methyl sites for hydroxylation is 1. The molecule has 26 heavy (non-hydrogen) atoms. The van der Waals surface area contributed by atoms with Crippen LogP contribution in [0.15, 0.2) is 47.5 Å². The zero-order chi connectivity index (χ0) is 18.7. The summed E-state index contributed by atoms with van der Waals surface area (Å²) in [6.45, 7) is 2.63. The fourth-order valence-corrected chi connectivity index (χ4v) is 3.93. The summed E-state index contributed by atoms with van der Waals surface area (Å²) in [4.78, 5) is 4.33. The van der Waals surface area contributed by atoms with Crippen molar-refractivity contribution in [1.82, 2.24) is 5.32 Å². The van der Waals surface area contributed by atoms with Gasteiger partial charge in [-0.05, 0) is 42.7 Å². The van der Waals surface area contributed by atoms with E-state index in [9.17, 15) is 13.2 Å². The third kappa shape index (κ3) is 4.74. The molecule has 0 radical (unpaired) electrons. The van der Waals surface area contributed by atoms with E-state index in [2.05, 4.69) is 10.3 Å². The second-order valence-corrected chi connectivity index (χ2v) is 7.67. The van der Waals surface area contributed by atoms with E-state index in [4.69, 9.17) is 11.6 Å². The molecule has 1 heterocycles. The summed E-state index contributed by atoms with van der Waals surface area (Å²) in [5.74, 6) is 0.834. The number of alkyl halides is 3. The summed E-state index contributed by atoms with van der Waals surface area (Å²) in [5.41, 5.74) is 1.49. The number of thioether (sulfide) groups is 1. The normalized spacial score (nSPS) is 15.7. The van der Waals surface area contributed by atoms with Gasteiger partial charge in [0, 0.05) is 10.8 Å². The standard InChI is InChI=1S/C19H18ClF3N2S/c1-12-3-2-4-13(9-12)10-17(25-18-24-7-8-26-18)15-11-14(20)5-6-16(15)19(21,22)23/h2-6,9,11,17H,7-8,10H2,1H3,(H,24,25). The summed E-state index contributed by atoms with van der Waals surface area (Å²) in [6.07, 6.45) is -4.04. The van der Waals surface area contributed by atoms with Crippen LogP contribution < -0.4 is 5.32 Å². The van der Waals surface area contributed by atoms with Crippen molar-refractivity contribution < 1.29 is 13.2 Å². The first-order chi connectivity index (χ1) is 12.3. The van der Waals surface area contributed by atoms with Crippen LogP contribution in [0.2, 0.25) is 5.02 Å². The molecule has 1 aliphatic rings. The number of benzene rings is 2. The smallest absolute Gasteiger partial charge is 0.358 e. The minimum Gasteiger partial charge on any atom is -0.358 e. The zero-order valence-corrected chi connectivity index (χ0v) is 15.7. The van der Waals surface area contributed by atoms with E-state index in [0.717, 1.165) is 22.9 Å². The van der Waals surface area contributed by atoms with Gasteiger partial charge in [0.05, 0.1) is 18.2 Å². The molecule has 1 aliphatic heterocycles. The quantitative estimate of drug-likeness (QED) is 0.720. The van der Waals surface area contributed by atoms with E-state index in [1.165, 1.54) is 23.9 Å². The highest BCUT2D eigenvalue weighted by Crippen LogP contribution is 2.37. The van der Waals surface area contributed by atoms with Crippen molar-refractivity contribution in [3.63, 3.8) is 0 Å². The molecule has 2 aromatic rings. The van der Waals surface area contributed by atoms with Crippen molar-refractivity contribution in [1.29, 1.82) is 0 Å². The van der Waals surface area contributed by atoms with Crippen LogP contribution in [0.1, 0.15) is 28.3 Å². The van der Waals surface area contributed by atoms with Crippen LogP contribution in [0.25, 0.3) is 0 Å². The third-order valence-corrected chi connectivity index (χ3v) is 5.24. The predicted octanol–water partition coefficient (Wildman–Crippen LogP) is 5.64. The van der Waals surface area contributed by atoms with E-state index >= 15 is 0 Å². The number of rotatable bonds is 4. The van der Waals surface area contributed by atoms with Gasteiger partial charge in [0.25, 0.3) is 0 Å². The predicted molar refractivity (Wildman–Crippen MR) is 102 cm³/mol. The maximum atomic E-state index is 13.6. The lowest BCUT2D eigenvalue weighted by atomic mass is 9.94. The average molecular weight is 399 g/mol. The van der Waals surface area contributed by atoms with E-state index in [1.807, 2.05) is 31.2 Å². The van der Waals surface area contributed by atoms with Crippen molar-refractivity contribution in [3.05, 3.63) is 69.7 Å². The third-order valence-electron chi connectivity index (χ3n) is 4.10. The molecule has 7 heteroatoms. The van der Waals surface area contributed by atoms with Crippen LogP contribution in [-0.2, 0) is 12.6 Å². The highest BCUT2D eigenvalue weighted by molar-refractivity contribution is 8.14. The first kappa shape index (κ1) is 19.1. The number of halogens is 4. The molecule has 0 saturated carbocycles. The SMILES string of the molecule is Cc1cccc(CC(NC2=NCCS2)c2cc(Cl)ccc2C(F)(F)F)c1. The Labute approximate surface area is 159 Å². The Morgan fingerprint density at radius 1 is 1.23 bits per heavy atom. The Hall–Kier alpha value is -1.66. The Bertz CT molecular complexity index is 821. The molecule has 0 aliphatic carbocycles. The van der Waals surface area contributed by atoms with Crippen LogP contribution >= 0.6 is 23.4 Å². The van der Waals surface area contributed by atoms with Crippen LogP contribution in [0.4, 0.5) is 13.2 Å². The highest BCUT2D eigenvalue weighted by Gasteiger charge is 2.35. The van der Waals surface area contributed by atoms with Crippen molar-refractivity contribution in [2.75, 3.05) is 12.3 Å². The summed E-state index contributed by atoms with van der Waals surface area (Å²) in [7, 11) is 0. The lowest BCUT2D eigenvalue weighted by molar-refractivity contribution is -0.138. The van der Waals surface area contributed by atoms with Crippen molar-refractivity contribution in [3.8, 4) is 0 Å². The number of nitrogens with one attached hydrogen (secondary N) is 1. The molecule has 0 fully saturated rings. The average Bonchev–Trinajstić information content (AvgIpc) is 3.06. The summed E-state index contributed by atoms with van der Waals surface area (Å²) in [6, 6.07) is 10.9. The molecule has 138 valence electrons. The van der Waals surface area contributed by atoms with Crippen molar-refractivity contribution >= 4 is 28.5 Å². The molecule has 0 bridgehead atoms. The van der Waals surface area contributed by atoms with Crippen molar-refractivity contribution in [2.45, 2.75) is 25.6 Å². The van der Waals surface area contributed by atoms with Crippen molar-refractivity contribution in [2.24, 2.45) is 4.99 Å². The van der Waals surface area contributed by atoms with E-state index in [-0.39, 0.29) is 10.6 Å². The molecule has 2 nitrogen and oxygen atoms in total. The van der Waals surface area contributed by atoms with Crippen LogP contribution in [0, 0.1) is 6.92 Å².